The van der Waals surface area contributed by atoms with E-state index in [1.54, 1.807) is 12.1 Å². The molecule has 110 valence electrons. The third-order valence-corrected chi connectivity index (χ3v) is 4.77. The number of hydrogen-bond acceptors (Lipinski definition) is 4. The van der Waals surface area contributed by atoms with Crippen LogP contribution in [-0.4, -0.2) is 27.4 Å². The van der Waals surface area contributed by atoms with Crippen molar-refractivity contribution in [3.63, 3.8) is 0 Å². The van der Waals surface area contributed by atoms with Crippen LogP contribution < -0.4 is 15.8 Å². The third kappa shape index (κ3) is 3.00. The first-order valence-electron chi connectivity index (χ1n) is 6.52. The molecule has 1 heterocycles. The molecule has 1 atom stereocenters. The van der Waals surface area contributed by atoms with Gasteiger partial charge in [0.25, 0.3) is 0 Å². The van der Waals surface area contributed by atoms with Gasteiger partial charge in [-0.2, -0.15) is 0 Å². The summed E-state index contributed by atoms with van der Waals surface area (Å²) in [7, 11) is -3.70. The Morgan fingerprint density at radius 1 is 1.40 bits per heavy atom. The van der Waals surface area contributed by atoms with Crippen LogP contribution in [0.15, 0.2) is 29.2 Å². The van der Waals surface area contributed by atoms with E-state index in [2.05, 4.69) is 10.6 Å². The van der Waals surface area contributed by atoms with Crippen LogP contribution in [0.2, 0.25) is 0 Å². The highest BCUT2D eigenvalue weighted by Gasteiger charge is 2.39. The maximum absolute atomic E-state index is 12.4. The average molecular weight is 297 g/mol. The summed E-state index contributed by atoms with van der Waals surface area (Å²) >= 11 is 0. The van der Waals surface area contributed by atoms with E-state index in [0.717, 1.165) is 19.4 Å². The second-order valence-electron chi connectivity index (χ2n) is 5.08. The predicted octanol–water partition coefficient (Wildman–Crippen LogP) is 0.662. The van der Waals surface area contributed by atoms with Crippen LogP contribution in [-0.2, 0) is 14.8 Å². The van der Waals surface area contributed by atoms with Crippen LogP contribution in [0.4, 0.5) is 5.69 Å². The Morgan fingerprint density at radius 2 is 2.05 bits per heavy atom. The first-order valence-corrected chi connectivity index (χ1v) is 8.07. The van der Waals surface area contributed by atoms with Gasteiger partial charge in [0.2, 0.25) is 15.9 Å². The fourth-order valence-electron chi connectivity index (χ4n) is 2.39. The number of sulfonamides is 1. The fraction of sp³-hybridized carbons (Fsp3) is 0.462. The molecule has 0 aromatic heterocycles. The standard InChI is InChI=1S/C13H19N3O3S/c1-2-13(7-8-15-9-13)12(17)16-10-3-5-11(6-4-10)20(14,18)19/h3-6,15H,2,7-9H2,1H3,(H,16,17)(H2,14,18,19). The summed E-state index contributed by atoms with van der Waals surface area (Å²) in [6.45, 7) is 3.51. The number of benzene rings is 1. The molecule has 1 saturated heterocycles. The zero-order valence-electron chi connectivity index (χ0n) is 11.3. The van der Waals surface area contributed by atoms with Gasteiger partial charge in [0.05, 0.1) is 10.3 Å². The smallest absolute Gasteiger partial charge is 0.238 e. The number of nitrogens with one attached hydrogen (secondary N) is 2. The Kier molecular flexibility index (Phi) is 4.12. The van der Waals surface area contributed by atoms with E-state index in [1.165, 1.54) is 12.1 Å². The zero-order valence-corrected chi connectivity index (χ0v) is 12.2. The highest BCUT2D eigenvalue weighted by atomic mass is 32.2. The first kappa shape index (κ1) is 15.0. The van der Waals surface area contributed by atoms with Crippen molar-refractivity contribution in [3.8, 4) is 0 Å². The minimum atomic E-state index is -3.70. The second-order valence-corrected chi connectivity index (χ2v) is 6.65. The van der Waals surface area contributed by atoms with Crippen LogP contribution >= 0.6 is 0 Å². The van der Waals surface area contributed by atoms with Crippen molar-refractivity contribution in [2.75, 3.05) is 18.4 Å². The Labute approximate surface area is 118 Å². The van der Waals surface area contributed by atoms with Crippen LogP contribution in [0.1, 0.15) is 19.8 Å². The van der Waals surface area contributed by atoms with E-state index in [1.807, 2.05) is 6.92 Å². The average Bonchev–Trinajstić information content (AvgIpc) is 2.88. The Bertz CT molecular complexity index is 590. The summed E-state index contributed by atoms with van der Waals surface area (Å²) in [5.41, 5.74) is 0.195. The topological polar surface area (TPSA) is 101 Å². The molecule has 2 rings (SSSR count). The predicted molar refractivity (Wildman–Crippen MR) is 76.7 cm³/mol. The number of rotatable bonds is 4. The molecule has 1 aliphatic heterocycles. The van der Waals surface area contributed by atoms with Gasteiger partial charge in [0.15, 0.2) is 0 Å². The summed E-state index contributed by atoms with van der Waals surface area (Å²) in [6, 6.07) is 5.86. The van der Waals surface area contributed by atoms with Crippen molar-refractivity contribution < 1.29 is 13.2 Å². The molecule has 0 radical (unpaired) electrons. The minimum absolute atomic E-state index is 0.0308. The Hall–Kier alpha value is -1.44. The fourth-order valence-corrected chi connectivity index (χ4v) is 2.91. The van der Waals surface area contributed by atoms with Gasteiger partial charge in [0.1, 0.15) is 0 Å². The van der Waals surface area contributed by atoms with Gasteiger partial charge >= 0.3 is 0 Å². The lowest BCUT2D eigenvalue weighted by molar-refractivity contribution is -0.124. The Balaban J connectivity index is 2.12. The van der Waals surface area contributed by atoms with Crippen molar-refractivity contribution in [2.24, 2.45) is 10.6 Å². The summed E-state index contributed by atoms with van der Waals surface area (Å²) in [5.74, 6) is -0.0339. The number of carbonyl (C=O) groups is 1. The maximum atomic E-state index is 12.4. The van der Waals surface area contributed by atoms with Gasteiger partial charge in [-0.3, -0.25) is 4.79 Å². The molecule has 1 unspecified atom stereocenters. The van der Waals surface area contributed by atoms with E-state index < -0.39 is 10.0 Å². The summed E-state index contributed by atoms with van der Waals surface area (Å²) in [5, 5.41) is 11.1. The van der Waals surface area contributed by atoms with Gasteiger partial charge < -0.3 is 10.6 Å². The third-order valence-electron chi connectivity index (χ3n) is 3.84. The molecule has 1 aromatic rings. The highest BCUT2D eigenvalue weighted by molar-refractivity contribution is 7.89. The molecule has 1 aromatic carbocycles. The first-order chi connectivity index (χ1) is 9.37. The molecular weight excluding hydrogens is 278 g/mol. The summed E-state index contributed by atoms with van der Waals surface area (Å²) < 4.78 is 22.3. The molecule has 0 spiro atoms. The van der Waals surface area contributed by atoms with Gasteiger partial charge in [0, 0.05) is 12.2 Å². The van der Waals surface area contributed by atoms with E-state index in [4.69, 9.17) is 5.14 Å². The molecule has 6 nitrogen and oxygen atoms in total. The zero-order chi connectivity index (χ0) is 14.8. The minimum Gasteiger partial charge on any atom is -0.326 e. The van der Waals surface area contributed by atoms with Crippen molar-refractivity contribution >= 4 is 21.6 Å². The molecular formula is C13H19N3O3S. The monoisotopic (exact) mass is 297 g/mol. The van der Waals surface area contributed by atoms with Crippen molar-refractivity contribution in [3.05, 3.63) is 24.3 Å². The van der Waals surface area contributed by atoms with Crippen molar-refractivity contribution in [2.45, 2.75) is 24.7 Å². The van der Waals surface area contributed by atoms with Crippen molar-refractivity contribution in [1.82, 2.24) is 5.32 Å². The SMILES string of the molecule is CCC1(C(=O)Nc2ccc(S(N)(=O)=O)cc2)CCNC1. The molecule has 1 aliphatic rings. The number of nitrogens with two attached hydrogens (primary N) is 1. The van der Waals surface area contributed by atoms with E-state index >= 15 is 0 Å². The van der Waals surface area contributed by atoms with Crippen LogP contribution in [0.5, 0.6) is 0 Å². The van der Waals surface area contributed by atoms with E-state index in [9.17, 15) is 13.2 Å². The lowest BCUT2D eigenvalue weighted by Crippen LogP contribution is -2.37. The van der Waals surface area contributed by atoms with Gasteiger partial charge in [-0.05, 0) is 43.7 Å². The van der Waals surface area contributed by atoms with Crippen LogP contribution in [0, 0.1) is 5.41 Å². The van der Waals surface area contributed by atoms with Gasteiger partial charge in [-0.15, -0.1) is 0 Å². The largest absolute Gasteiger partial charge is 0.326 e. The quantitative estimate of drug-likeness (QED) is 0.760. The molecule has 1 amide bonds. The number of hydrogen-bond donors (Lipinski definition) is 3. The number of primary sulfonamides is 1. The van der Waals surface area contributed by atoms with Gasteiger partial charge in [-0.1, -0.05) is 6.92 Å². The van der Waals surface area contributed by atoms with Crippen LogP contribution in [0.3, 0.4) is 0 Å². The molecule has 1 fully saturated rings. The molecule has 0 saturated carbocycles. The highest BCUT2D eigenvalue weighted by Crippen LogP contribution is 2.31. The number of amides is 1. The Morgan fingerprint density at radius 3 is 2.50 bits per heavy atom. The van der Waals surface area contributed by atoms with Crippen LogP contribution in [0.25, 0.3) is 0 Å². The summed E-state index contributed by atoms with van der Waals surface area (Å²) in [6.07, 6.45) is 1.58. The molecule has 7 heteroatoms. The number of carbonyl (C=O) groups excluding carboxylic acids is 1. The van der Waals surface area contributed by atoms with Crippen molar-refractivity contribution in [1.29, 1.82) is 0 Å². The molecule has 0 aliphatic carbocycles. The van der Waals surface area contributed by atoms with E-state index in [-0.39, 0.29) is 16.2 Å². The number of anilines is 1. The normalized spacial score (nSPS) is 22.7. The lowest BCUT2D eigenvalue weighted by atomic mass is 9.83. The van der Waals surface area contributed by atoms with Gasteiger partial charge in [-0.25, -0.2) is 13.6 Å². The van der Waals surface area contributed by atoms with E-state index in [0.29, 0.717) is 12.2 Å². The summed E-state index contributed by atoms with van der Waals surface area (Å²) in [4.78, 5) is 12.4. The molecule has 4 N–H and O–H groups in total. The maximum Gasteiger partial charge on any atom is 0.238 e. The lowest BCUT2D eigenvalue weighted by Gasteiger charge is -2.25. The second kappa shape index (κ2) is 5.51. The molecule has 20 heavy (non-hydrogen) atoms. The molecule has 0 bridgehead atoms.